The Bertz CT molecular complexity index is 1550. The van der Waals surface area contributed by atoms with Crippen LogP contribution in [-0.2, 0) is 14.4 Å². The molecule has 0 spiro atoms. The van der Waals surface area contributed by atoms with Gasteiger partial charge in [0.15, 0.2) is 0 Å². The Morgan fingerprint density at radius 3 is 1.88 bits per heavy atom. The molecule has 0 bridgehead atoms. The van der Waals surface area contributed by atoms with Crippen LogP contribution >= 0.6 is 0 Å². The predicted molar refractivity (Wildman–Crippen MR) is 174 cm³/mol. The van der Waals surface area contributed by atoms with Gasteiger partial charge in [-0.2, -0.15) is 0 Å². The van der Waals surface area contributed by atoms with E-state index in [2.05, 4.69) is 35.7 Å². The summed E-state index contributed by atoms with van der Waals surface area (Å²) in [5, 5.41) is 9.11. The summed E-state index contributed by atoms with van der Waals surface area (Å²) >= 11 is 0. The van der Waals surface area contributed by atoms with Gasteiger partial charge in [0.1, 0.15) is 0 Å². The highest BCUT2D eigenvalue weighted by atomic mass is 16.2. The molecular weight excluding hydrogens is 524 g/mol. The molecule has 1 aliphatic heterocycles. The van der Waals surface area contributed by atoms with Crippen molar-refractivity contribution in [2.24, 2.45) is 0 Å². The minimum atomic E-state index is -0.575. The maximum Gasteiger partial charge on any atom is 0.260 e. The molecule has 0 saturated heterocycles. The average molecular weight is 559 g/mol. The van der Waals surface area contributed by atoms with E-state index in [0.29, 0.717) is 28.3 Å². The number of anilines is 4. The van der Waals surface area contributed by atoms with Gasteiger partial charge in [-0.1, -0.05) is 56.2 Å². The third kappa shape index (κ3) is 8.93. The normalized spacial score (nSPS) is 17.0. The van der Waals surface area contributed by atoms with E-state index in [0.717, 1.165) is 16.3 Å². The smallest absolute Gasteiger partial charge is 0.260 e. The lowest BCUT2D eigenvalue weighted by Crippen LogP contribution is -2.36. The molecule has 1 heterocycles. The van der Waals surface area contributed by atoms with Crippen LogP contribution in [0.1, 0.15) is 13.8 Å². The van der Waals surface area contributed by atoms with Crippen molar-refractivity contribution in [3.8, 4) is 0 Å². The molecule has 2 aromatic carbocycles. The monoisotopic (exact) mass is 558 g/mol. The summed E-state index contributed by atoms with van der Waals surface area (Å²) in [6.45, 7) is 15.0. The van der Waals surface area contributed by atoms with Crippen molar-refractivity contribution >= 4 is 40.5 Å². The van der Waals surface area contributed by atoms with E-state index in [9.17, 15) is 14.4 Å². The number of benzene rings is 2. The topological polar surface area (TPSA) is 90.5 Å². The predicted octanol–water partition coefficient (Wildman–Crippen LogP) is 7.35. The number of nitrogens with one attached hydrogen (secondary N) is 3. The molecule has 7 nitrogen and oxygen atoms in total. The van der Waals surface area contributed by atoms with Gasteiger partial charge in [-0.25, -0.2) is 4.90 Å². The van der Waals surface area contributed by atoms with Crippen molar-refractivity contribution in [2.75, 3.05) is 20.9 Å². The van der Waals surface area contributed by atoms with Crippen LogP contribution in [0.5, 0.6) is 0 Å². The van der Waals surface area contributed by atoms with Crippen molar-refractivity contribution < 1.29 is 14.4 Å². The number of rotatable bonds is 11. The fraction of sp³-hybridized carbons (Fsp3) is 0.0571. The van der Waals surface area contributed by atoms with Gasteiger partial charge in [-0.05, 0) is 86.7 Å². The highest BCUT2D eigenvalue weighted by Crippen LogP contribution is 2.23. The van der Waals surface area contributed by atoms with Crippen LogP contribution in [0, 0.1) is 0 Å². The first-order valence-electron chi connectivity index (χ1n) is 13.2. The van der Waals surface area contributed by atoms with Gasteiger partial charge in [0.2, 0.25) is 0 Å². The third-order valence-corrected chi connectivity index (χ3v) is 5.85. The molecule has 0 atom stereocenters. The second kappa shape index (κ2) is 15.2. The van der Waals surface area contributed by atoms with Gasteiger partial charge in [-0.15, -0.1) is 0 Å². The Morgan fingerprint density at radius 1 is 0.762 bits per heavy atom. The Hall–Kier alpha value is -5.69. The minimum Gasteiger partial charge on any atom is -0.356 e. The molecule has 0 aromatic heterocycles. The first-order valence-corrected chi connectivity index (χ1v) is 13.2. The fourth-order valence-electron chi connectivity index (χ4n) is 3.70. The van der Waals surface area contributed by atoms with Crippen LogP contribution in [0.25, 0.3) is 0 Å². The molecule has 7 heteroatoms. The van der Waals surface area contributed by atoms with Crippen LogP contribution < -0.4 is 20.9 Å². The number of allylic oxidation sites excluding steroid dienone is 9. The van der Waals surface area contributed by atoms with Crippen molar-refractivity contribution in [3.63, 3.8) is 0 Å². The van der Waals surface area contributed by atoms with Gasteiger partial charge in [-0.3, -0.25) is 14.4 Å². The summed E-state index contributed by atoms with van der Waals surface area (Å²) in [6, 6.07) is 13.9. The highest BCUT2D eigenvalue weighted by Gasteiger charge is 2.24. The molecule has 212 valence electrons. The fourth-order valence-corrected chi connectivity index (χ4v) is 3.70. The molecule has 0 saturated carbocycles. The molecule has 42 heavy (non-hydrogen) atoms. The summed E-state index contributed by atoms with van der Waals surface area (Å²) in [4.78, 5) is 40.5. The van der Waals surface area contributed by atoms with E-state index in [1.165, 1.54) is 24.3 Å². The van der Waals surface area contributed by atoms with E-state index in [1.54, 1.807) is 73.7 Å². The van der Waals surface area contributed by atoms with Gasteiger partial charge < -0.3 is 16.0 Å². The first kappa shape index (κ1) is 30.8. The molecular formula is C35H34N4O3. The van der Waals surface area contributed by atoms with Crippen LogP contribution in [-0.4, -0.2) is 17.7 Å². The largest absolute Gasteiger partial charge is 0.356 e. The molecule has 3 amide bonds. The van der Waals surface area contributed by atoms with Crippen molar-refractivity contribution in [2.45, 2.75) is 13.8 Å². The lowest BCUT2D eigenvalue weighted by Gasteiger charge is -2.20. The van der Waals surface area contributed by atoms with Crippen LogP contribution in [0.2, 0.25) is 0 Å². The molecule has 2 aromatic rings. The van der Waals surface area contributed by atoms with E-state index < -0.39 is 17.7 Å². The quantitative estimate of drug-likeness (QED) is 0.198. The van der Waals surface area contributed by atoms with Crippen LogP contribution in [0.15, 0.2) is 158 Å². The number of hydrogen-bond acceptors (Lipinski definition) is 5. The maximum absolute atomic E-state index is 13.2. The molecule has 0 fully saturated rings. The molecule has 3 rings (SSSR count). The van der Waals surface area contributed by atoms with Gasteiger partial charge in [0, 0.05) is 45.7 Å². The molecule has 0 aliphatic carbocycles. The summed E-state index contributed by atoms with van der Waals surface area (Å²) in [7, 11) is 0. The number of amides is 3. The molecule has 0 radical (unpaired) electrons. The van der Waals surface area contributed by atoms with Crippen LogP contribution in [0.4, 0.5) is 22.7 Å². The zero-order chi connectivity index (χ0) is 30.5. The summed E-state index contributed by atoms with van der Waals surface area (Å²) in [5.74, 6) is -1.49. The SMILES string of the molecule is C=C/C=C\C(=C)Nc1ccc(NC(=O)C2=C/C=C(\C)C(=O)N(c3ccc(NC(=C)/C=C\C=C/C)cc3)C(=O)\C=C\2)cc1. The lowest BCUT2D eigenvalue weighted by molar-refractivity contribution is -0.122. The first-order chi connectivity index (χ1) is 20.2. The van der Waals surface area contributed by atoms with Crippen molar-refractivity contribution in [1.29, 1.82) is 0 Å². The highest BCUT2D eigenvalue weighted by molar-refractivity contribution is 6.24. The zero-order valence-corrected chi connectivity index (χ0v) is 23.8. The Labute approximate surface area is 247 Å². The number of hydrogen-bond donors (Lipinski definition) is 3. The van der Waals surface area contributed by atoms with E-state index in [4.69, 9.17) is 0 Å². The number of carbonyl (C=O) groups is 3. The second-order valence-electron chi connectivity index (χ2n) is 9.14. The van der Waals surface area contributed by atoms with E-state index in [1.807, 2.05) is 31.2 Å². The summed E-state index contributed by atoms with van der Waals surface area (Å²) in [5.41, 5.74) is 4.39. The van der Waals surface area contributed by atoms with E-state index >= 15 is 0 Å². The molecule has 3 N–H and O–H groups in total. The van der Waals surface area contributed by atoms with Crippen molar-refractivity contribution in [1.82, 2.24) is 0 Å². The molecule has 1 aliphatic rings. The Kier molecular flexibility index (Phi) is 11.2. The van der Waals surface area contributed by atoms with Crippen LogP contribution in [0.3, 0.4) is 0 Å². The number of carbonyl (C=O) groups excluding carboxylic acids is 3. The number of nitrogens with zero attached hydrogens (tertiary/aromatic N) is 1. The van der Waals surface area contributed by atoms with Gasteiger partial charge in [0.05, 0.1) is 5.69 Å². The summed E-state index contributed by atoms with van der Waals surface area (Å²) in [6.07, 6.45) is 18.4. The Morgan fingerprint density at radius 2 is 1.31 bits per heavy atom. The third-order valence-electron chi connectivity index (χ3n) is 5.85. The maximum atomic E-state index is 13.2. The number of imide groups is 1. The van der Waals surface area contributed by atoms with Gasteiger partial charge >= 0.3 is 0 Å². The second-order valence-corrected chi connectivity index (χ2v) is 9.14. The van der Waals surface area contributed by atoms with E-state index in [-0.39, 0.29) is 5.57 Å². The molecule has 0 unspecified atom stereocenters. The standard InChI is InChI=1S/C35H34N4O3/c1-6-8-10-12-27(5)37-30-20-22-32(23-21-30)39-33(40)24-15-28(14-13-25(3)35(39)42)34(41)38-31-18-16-29(17-19-31)36-26(4)11-9-7-2/h6-24,36-37H,2,4-5H2,1,3H3,(H,38,41)/b8-6-,11-9-,12-10-,24-15+,25-13+,28-14+. The summed E-state index contributed by atoms with van der Waals surface area (Å²) < 4.78 is 0. The van der Waals surface area contributed by atoms with Crippen molar-refractivity contribution in [3.05, 3.63) is 158 Å². The van der Waals surface area contributed by atoms with Gasteiger partial charge in [0.25, 0.3) is 17.7 Å². The Balaban J connectivity index is 1.72. The zero-order valence-electron chi connectivity index (χ0n) is 23.8. The average Bonchev–Trinajstić information content (AvgIpc) is 3.02. The lowest BCUT2D eigenvalue weighted by atomic mass is 10.1. The minimum absolute atomic E-state index is 0.214.